The van der Waals surface area contributed by atoms with Crippen molar-refractivity contribution >= 4 is 33.0 Å². The van der Waals surface area contributed by atoms with Crippen LogP contribution in [0.2, 0.25) is 0 Å². The molecule has 8 nitrogen and oxygen atoms in total. The molecule has 0 saturated carbocycles. The van der Waals surface area contributed by atoms with Crippen molar-refractivity contribution in [1.82, 2.24) is 14.6 Å². The molecule has 0 unspecified atom stereocenters. The quantitative estimate of drug-likeness (QED) is 0.727. The second kappa shape index (κ2) is 6.75. The van der Waals surface area contributed by atoms with Crippen molar-refractivity contribution in [3.05, 3.63) is 42.6 Å². The molecular weight excluding hydrogens is 354 g/mol. The minimum Gasteiger partial charge on any atom is -0.377 e. The van der Waals surface area contributed by atoms with Gasteiger partial charge in [-0.05, 0) is 18.2 Å². The first-order valence-electron chi connectivity index (χ1n) is 7.84. The molecule has 9 heteroatoms. The zero-order valence-electron chi connectivity index (χ0n) is 14.7. The van der Waals surface area contributed by atoms with Crippen LogP contribution in [-0.2, 0) is 14.6 Å². The summed E-state index contributed by atoms with van der Waals surface area (Å²) in [6, 6.07) is 11.7. The summed E-state index contributed by atoms with van der Waals surface area (Å²) in [4.78, 5) is 17.9. The molecule has 1 amide bonds. The van der Waals surface area contributed by atoms with Crippen molar-refractivity contribution in [1.29, 1.82) is 0 Å². The molecule has 2 aromatic heterocycles. The maximum atomic E-state index is 11.7. The Kier molecular flexibility index (Phi) is 4.64. The third-order valence-electron chi connectivity index (χ3n) is 3.67. The Morgan fingerprint density at radius 1 is 1.19 bits per heavy atom. The third kappa shape index (κ3) is 3.99. The Morgan fingerprint density at radius 3 is 2.62 bits per heavy atom. The number of para-hydroxylation sites is 1. The topological polar surface area (TPSA) is 96.7 Å². The van der Waals surface area contributed by atoms with Crippen molar-refractivity contribution in [3.63, 3.8) is 0 Å². The van der Waals surface area contributed by atoms with Crippen LogP contribution in [0.1, 0.15) is 0 Å². The highest BCUT2D eigenvalue weighted by molar-refractivity contribution is 7.91. The van der Waals surface area contributed by atoms with Crippen molar-refractivity contribution in [2.24, 2.45) is 0 Å². The van der Waals surface area contributed by atoms with Gasteiger partial charge in [-0.2, -0.15) is 4.98 Å². The Balaban J connectivity index is 1.92. The van der Waals surface area contributed by atoms with Gasteiger partial charge in [-0.3, -0.25) is 10.1 Å². The number of aromatic nitrogens is 3. The summed E-state index contributed by atoms with van der Waals surface area (Å²) in [7, 11) is 0.541. The average Bonchev–Trinajstić information content (AvgIpc) is 2.93. The fourth-order valence-electron chi connectivity index (χ4n) is 2.60. The van der Waals surface area contributed by atoms with E-state index in [9.17, 15) is 13.2 Å². The molecule has 3 aromatic rings. The van der Waals surface area contributed by atoms with Gasteiger partial charge in [0.1, 0.15) is 5.75 Å². The first-order valence-corrected chi connectivity index (χ1v) is 9.90. The minimum absolute atomic E-state index is 0.0664. The van der Waals surface area contributed by atoms with Gasteiger partial charge in [0.2, 0.25) is 11.9 Å². The summed E-state index contributed by atoms with van der Waals surface area (Å²) in [5.41, 5.74) is 3.60. The normalized spacial score (nSPS) is 11.5. The van der Waals surface area contributed by atoms with Crippen LogP contribution in [0.25, 0.3) is 16.8 Å². The van der Waals surface area contributed by atoms with E-state index in [1.165, 1.54) is 0 Å². The van der Waals surface area contributed by atoms with Gasteiger partial charge in [0.05, 0.1) is 0 Å². The van der Waals surface area contributed by atoms with Crippen LogP contribution < -0.4 is 10.2 Å². The lowest BCUT2D eigenvalue weighted by atomic mass is 10.1. The van der Waals surface area contributed by atoms with E-state index in [4.69, 9.17) is 0 Å². The number of benzene rings is 1. The van der Waals surface area contributed by atoms with Crippen LogP contribution >= 0.6 is 0 Å². The molecule has 0 bridgehead atoms. The maximum Gasteiger partial charge on any atom is 0.249 e. The predicted molar refractivity (Wildman–Crippen MR) is 101 cm³/mol. The van der Waals surface area contributed by atoms with E-state index in [0.29, 0.717) is 5.65 Å². The van der Waals surface area contributed by atoms with E-state index in [1.807, 2.05) is 55.5 Å². The average molecular weight is 373 g/mol. The van der Waals surface area contributed by atoms with E-state index in [0.717, 1.165) is 23.1 Å². The molecule has 0 radical (unpaired) electrons. The van der Waals surface area contributed by atoms with Crippen molar-refractivity contribution in [2.75, 3.05) is 36.3 Å². The fourth-order valence-corrected chi connectivity index (χ4v) is 3.15. The molecule has 3 rings (SSSR count). The number of hydrogen-bond donors (Lipinski definition) is 1. The molecule has 136 valence electrons. The molecule has 0 fully saturated rings. The monoisotopic (exact) mass is 373 g/mol. The van der Waals surface area contributed by atoms with Gasteiger partial charge >= 0.3 is 0 Å². The van der Waals surface area contributed by atoms with Gasteiger partial charge in [0, 0.05) is 43.4 Å². The molecule has 0 atom stereocenters. The number of hydrogen-bond acceptors (Lipinski definition) is 6. The molecular formula is C17H19N5O3S. The number of nitrogens with one attached hydrogen (secondary N) is 1. The molecule has 26 heavy (non-hydrogen) atoms. The molecule has 0 saturated heterocycles. The number of rotatable bonds is 5. The highest BCUT2D eigenvalue weighted by Gasteiger charge is 2.14. The summed E-state index contributed by atoms with van der Waals surface area (Å²) in [5, 5.41) is 6.62. The van der Waals surface area contributed by atoms with Crippen molar-refractivity contribution < 1.29 is 13.2 Å². The summed E-state index contributed by atoms with van der Waals surface area (Å²) in [6.45, 7) is 0. The third-order valence-corrected chi connectivity index (χ3v) is 4.46. The number of sulfone groups is 1. The van der Waals surface area contributed by atoms with Gasteiger partial charge in [-0.1, -0.05) is 18.2 Å². The van der Waals surface area contributed by atoms with Gasteiger partial charge in [0.25, 0.3) is 0 Å². The standard InChI is InChI=1S/C17H19N5O3S/c1-21(2)14-7-5-4-6-13(14)12-8-9-15-18-17(20-22(15)10-12)19-16(23)11-26(3,24)25/h4-10H,11H2,1-3H3,(H,19,20,23). The number of pyridine rings is 1. The number of nitrogens with zero attached hydrogens (tertiary/aromatic N) is 4. The van der Waals surface area contributed by atoms with Crippen molar-refractivity contribution in [3.8, 4) is 11.1 Å². The number of amides is 1. The predicted octanol–water partition coefficient (Wildman–Crippen LogP) is 1.45. The van der Waals surface area contributed by atoms with E-state index >= 15 is 0 Å². The fraction of sp³-hybridized carbons (Fsp3) is 0.235. The number of anilines is 2. The van der Waals surface area contributed by atoms with Gasteiger partial charge in [0.15, 0.2) is 15.5 Å². The second-order valence-electron chi connectivity index (χ2n) is 6.19. The zero-order valence-corrected chi connectivity index (χ0v) is 15.5. The maximum absolute atomic E-state index is 11.7. The lowest BCUT2D eigenvalue weighted by molar-refractivity contribution is -0.113. The van der Waals surface area contributed by atoms with Crippen molar-refractivity contribution in [2.45, 2.75) is 0 Å². The van der Waals surface area contributed by atoms with Crippen LogP contribution in [0.3, 0.4) is 0 Å². The summed E-state index contributed by atoms with van der Waals surface area (Å²) >= 11 is 0. The van der Waals surface area contributed by atoms with Gasteiger partial charge in [-0.25, -0.2) is 12.9 Å². The number of carbonyl (C=O) groups excluding carboxylic acids is 1. The van der Waals surface area contributed by atoms with E-state index < -0.39 is 21.5 Å². The largest absolute Gasteiger partial charge is 0.377 e. The lowest BCUT2D eigenvalue weighted by Crippen LogP contribution is -2.22. The molecule has 2 heterocycles. The number of fused-ring (bicyclic) bond motifs is 1. The van der Waals surface area contributed by atoms with Crippen LogP contribution in [0, 0.1) is 0 Å². The summed E-state index contributed by atoms with van der Waals surface area (Å²) in [6.07, 6.45) is 2.81. The Bertz CT molecular complexity index is 1070. The Labute approximate surface area is 151 Å². The SMILES string of the molecule is CN(C)c1ccccc1-c1ccc2nc(NC(=O)CS(C)(=O)=O)nn2c1. The zero-order chi connectivity index (χ0) is 18.9. The lowest BCUT2D eigenvalue weighted by Gasteiger charge is -2.17. The summed E-state index contributed by atoms with van der Waals surface area (Å²) < 4.78 is 23.9. The van der Waals surface area contributed by atoms with E-state index in [2.05, 4.69) is 15.4 Å². The first-order chi connectivity index (χ1) is 12.2. The molecule has 0 aliphatic rings. The van der Waals surface area contributed by atoms with E-state index in [-0.39, 0.29) is 5.95 Å². The molecule has 0 spiro atoms. The van der Waals surface area contributed by atoms with E-state index in [1.54, 1.807) is 10.6 Å². The van der Waals surface area contributed by atoms with Gasteiger partial charge in [-0.15, -0.1) is 5.10 Å². The van der Waals surface area contributed by atoms with Crippen LogP contribution in [0.4, 0.5) is 11.6 Å². The smallest absolute Gasteiger partial charge is 0.249 e. The first kappa shape index (κ1) is 17.9. The molecule has 1 aromatic carbocycles. The molecule has 0 aliphatic heterocycles. The Morgan fingerprint density at radius 2 is 1.92 bits per heavy atom. The molecule has 0 aliphatic carbocycles. The summed E-state index contributed by atoms with van der Waals surface area (Å²) in [5.74, 6) is -1.21. The second-order valence-corrected chi connectivity index (χ2v) is 8.33. The highest BCUT2D eigenvalue weighted by Crippen LogP contribution is 2.29. The number of carbonyl (C=O) groups is 1. The highest BCUT2D eigenvalue weighted by atomic mass is 32.2. The Hall–Kier alpha value is -2.94. The van der Waals surface area contributed by atoms with Crippen LogP contribution in [0.5, 0.6) is 0 Å². The van der Waals surface area contributed by atoms with Gasteiger partial charge < -0.3 is 4.90 Å². The van der Waals surface area contributed by atoms with Crippen LogP contribution in [-0.4, -0.2) is 55.0 Å². The molecule has 1 N–H and O–H groups in total. The minimum atomic E-state index is -3.41. The van der Waals surface area contributed by atoms with Crippen LogP contribution in [0.15, 0.2) is 42.6 Å².